The van der Waals surface area contributed by atoms with Gasteiger partial charge in [0.1, 0.15) is 28.0 Å². The molecule has 0 radical (unpaired) electrons. The summed E-state index contributed by atoms with van der Waals surface area (Å²) in [4.78, 5) is 45.3. The van der Waals surface area contributed by atoms with E-state index < -0.39 is 22.0 Å². The second-order valence-electron chi connectivity index (χ2n) is 4.85. The third-order valence-electron chi connectivity index (χ3n) is 3.19. The highest BCUT2D eigenvalue weighted by molar-refractivity contribution is 6.46. The second-order valence-corrected chi connectivity index (χ2v) is 5.94. The van der Waals surface area contributed by atoms with Crippen molar-refractivity contribution in [3.8, 4) is 0 Å². The summed E-state index contributed by atoms with van der Waals surface area (Å²) in [5, 5.41) is 0. The molecule has 0 aliphatic rings. The number of carbonyl (C=O) groups is 4. The lowest BCUT2D eigenvalue weighted by atomic mass is 9.67. The SMILES string of the molecule is CC(=O)CC(C(C)=O)C(CC(C)=O)(C(C)=O)C(Cl)Cl. The predicted molar refractivity (Wildman–Crippen MR) is 73.4 cm³/mol. The first-order valence-corrected chi connectivity index (χ1v) is 6.71. The molecule has 108 valence electrons. The van der Waals surface area contributed by atoms with Gasteiger partial charge in [0.05, 0.1) is 5.41 Å². The number of ketones is 4. The van der Waals surface area contributed by atoms with Gasteiger partial charge in [-0.25, -0.2) is 0 Å². The Labute approximate surface area is 122 Å². The van der Waals surface area contributed by atoms with Gasteiger partial charge in [0, 0.05) is 18.8 Å². The first-order chi connectivity index (χ1) is 8.55. The van der Waals surface area contributed by atoms with Crippen LogP contribution in [0.2, 0.25) is 0 Å². The molecule has 0 aliphatic carbocycles. The van der Waals surface area contributed by atoms with Crippen LogP contribution in [-0.4, -0.2) is 28.0 Å². The van der Waals surface area contributed by atoms with Crippen LogP contribution in [0.4, 0.5) is 0 Å². The van der Waals surface area contributed by atoms with E-state index in [0.29, 0.717) is 0 Å². The maximum Gasteiger partial charge on any atom is 0.139 e. The van der Waals surface area contributed by atoms with Crippen LogP contribution >= 0.6 is 23.2 Å². The molecule has 0 spiro atoms. The minimum Gasteiger partial charge on any atom is -0.300 e. The monoisotopic (exact) mass is 308 g/mol. The fourth-order valence-electron chi connectivity index (χ4n) is 2.26. The summed E-state index contributed by atoms with van der Waals surface area (Å²) < 4.78 is 0. The van der Waals surface area contributed by atoms with Gasteiger partial charge >= 0.3 is 0 Å². The van der Waals surface area contributed by atoms with Crippen LogP contribution in [0.25, 0.3) is 0 Å². The van der Waals surface area contributed by atoms with Gasteiger partial charge in [-0.15, -0.1) is 23.2 Å². The molecule has 6 heteroatoms. The number of halogens is 2. The van der Waals surface area contributed by atoms with Crippen LogP contribution < -0.4 is 0 Å². The third-order valence-corrected chi connectivity index (χ3v) is 3.97. The molecule has 0 amide bonds. The Balaban J connectivity index is 5.87. The van der Waals surface area contributed by atoms with Crippen molar-refractivity contribution in [1.29, 1.82) is 0 Å². The predicted octanol–water partition coefficient (Wildman–Crippen LogP) is 2.53. The van der Waals surface area contributed by atoms with Gasteiger partial charge in [-0.05, 0) is 27.7 Å². The van der Waals surface area contributed by atoms with Crippen molar-refractivity contribution in [3.05, 3.63) is 0 Å². The van der Waals surface area contributed by atoms with E-state index in [2.05, 4.69) is 0 Å². The molecule has 4 nitrogen and oxygen atoms in total. The van der Waals surface area contributed by atoms with Crippen LogP contribution in [-0.2, 0) is 19.2 Å². The standard InChI is InChI=1S/C13H18Cl2O4/c1-7(16)5-11(9(3)18)13(10(4)19,12(14)15)6-8(2)17/h11-12H,5-6H2,1-4H3. The number of alkyl halides is 2. The molecular formula is C13H18Cl2O4. The molecule has 0 bridgehead atoms. The third kappa shape index (κ3) is 4.39. The molecule has 0 fully saturated rings. The topological polar surface area (TPSA) is 68.3 Å². The van der Waals surface area contributed by atoms with Crippen molar-refractivity contribution in [3.63, 3.8) is 0 Å². The van der Waals surface area contributed by atoms with E-state index in [0.717, 1.165) is 0 Å². The van der Waals surface area contributed by atoms with E-state index in [1.165, 1.54) is 27.7 Å². The largest absolute Gasteiger partial charge is 0.300 e. The average Bonchev–Trinajstić information content (AvgIpc) is 2.20. The molecule has 2 atom stereocenters. The molecule has 0 saturated heterocycles. The van der Waals surface area contributed by atoms with E-state index in [1.54, 1.807) is 0 Å². The zero-order chi connectivity index (χ0) is 15.4. The number of hydrogen-bond donors (Lipinski definition) is 0. The zero-order valence-electron chi connectivity index (χ0n) is 11.5. The normalized spacial score (nSPS) is 15.7. The highest BCUT2D eigenvalue weighted by Crippen LogP contribution is 2.44. The number of carbonyl (C=O) groups excluding carboxylic acids is 4. The first kappa shape index (κ1) is 18.3. The summed E-state index contributed by atoms with van der Waals surface area (Å²) in [5.74, 6) is -2.39. The molecule has 0 rings (SSSR count). The fourth-order valence-corrected chi connectivity index (χ4v) is 3.03. The molecule has 0 aliphatic heterocycles. The quantitative estimate of drug-likeness (QED) is 0.646. The zero-order valence-corrected chi connectivity index (χ0v) is 13.0. The molecule has 2 unspecified atom stereocenters. The van der Waals surface area contributed by atoms with Crippen molar-refractivity contribution in [2.24, 2.45) is 11.3 Å². The van der Waals surface area contributed by atoms with Gasteiger partial charge in [-0.2, -0.15) is 0 Å². The summed E-state index contributed by atoms with van der Waals surface area (Å²) in [6, 6.07) is 0. The summed E-state index contributed by atoms with van der Waals surface area (Å²) in [5.41, 5.74) is -1.54. The number of Topliss-reactive ketones (excluding diaryl/α,β-unsaturated/α-hetero) is 4. The highest BCUT2D eigenvalue weighted by Gasteiger charge is 2.51. The Morgan fingerprint density at radius 3 is 1.63 bits per heavy atom. The van der Waals surface area contributed by atoms with Crippen LogP contribution in [0.5, 0.6) is 0 Å². The Bertz CT molecular complexity index is 403. The number of rotatable bonds is 8. The van der Waals surface area contributed by atoms with Gasteiger partial charge in [0.2, 0.25) is 0 Å². The Morgan fingerprint density at radius 2 is 1.42 bits per heavy atom. The highest BCUT2D eigenvalue weighted by atomic mass is 35.5. The Kier molecular flexibility index (Phi) is 6.87. The van der Waals surface area contributed by atoms with E-state index in [-0.39, 0.29) is 30.2 Å². The maximum absolute atomic E-state index is 12.0. The molecule has 0 aromatic heterocycles. The van der Waals surface area contributed by atoms with Crippen LogP contribution in [0, 0.1) is 11.3 Å². The lowest BCUT2D eigenvalue weighted by Crippen LogP contribution is -2.47. The van der Waals surface area contributed by atoms with Gasteiger partial charge in [-0.3, -0.25) is 14.4 Å². The van der Waals surface area contributed by atoms with Gasteiger partial charge in [-0.1, -0.05) is 0 Å². The molecule has 0 N–H and O–H groups in total. The summed E-state index contributed by atoms with van der Waals surface area (Å²) >= 11 is 11.8. The van der Waals surface area contributed by atoms with Crippen LogP contribution in [0.15, 0.2) is 0 Å². The van der Waals surface area contributed by atoms with Crippen molar-refractivity contribution in [2.45, 2.75) is 45.4 Å². The van der Waals surface area contributed by atoms with Crippen molar-refractivity contribution in [2.75, 3.05) is 0 Å². The van der Waals surface area contributed by atoms with Crippen molar-refractivity contribution >= 4 is 46.3 Å². The minimum absolute atomic E-state index is 0.155. The fraction of sp³-hybridized carbons (Fsp3) is 0.692. The molecule has 0 saturated carbocycles. The van der Waals surface area contributed by atoms with Crippen molar-refractivity contribution < 1.29 is 19.2 Å². The Hall–Kier alpha value is -0.740. The maximum atomic E-state index is 12.0. The Morgan fingerprint density at radius 1 is 0.947 bits per heavy atom. The van der Waals surface area contributed by atoms with Gasteiger partial charge in [0.25, 0.3) is 0 Å². The van der Waals surface area contributed by atoms with Gasteiger partial charge < -0.3 is 4.79 Å². The van der Waals surface area contributed by atoms with Crippen LogP contribution in [0.1, 0.15) is 40.5 Å². The second kappa shape index (κ2) is 7.15. The average molecular weight is 309 g/mol. The smallest absolute Gasteiger partial charge is 0.139 e. The molecule has 0 aromatic carbocycles. The summed E-state index contributed by atoms with van der Waals surface area (Å²) in [6.45, 7) is 5.10. The molecular weight excluding hydrogens is 291 g/mol. The van der Waals surface area contributed by atoms with Crippen LogP contribution in [0.3, 0.4) is 0 Å². The van der Waals surface area contributed by atoms with E-state index in [9.17, 15) is 19.2 Å². The van der Waals surface area contributed by atoms with Gasteiger partial charge in [0.15, 0.2) is 0 Å². The minimum atomic E-state index is -1.54. The lowest BCUT2D eigenvalue weighted by molar-refractivity contribution is -0.142. The van der Waals surface area contributed by atoms with E-state index in [1.807, 2.05) is 0 Å². The molecule has 0 heterocycles. The van der Waals surface area contributed by atoms with E-state index >= 15 is 0 Å². The first-order valence-electron chi connectivity index (χ1n) is 5.84. The lowest BCUT2D eigenvalue weighted by Gasteiger charge is -2.37. The van der Waals surface area contributed by atoms with E-state index in [4.69, 9.17) is 23.2 Å². The molecule has 19 heavy (non-hydrogen) atoms. The summed E-state index contributed by atoms with van der Waals surface area (Å²) in [6.07, 6.45) is -0.407. The van der Waals surface area contributed by atoms with Crippen molar-refractivity contribution in [1.82, 2.24) is 0 Å². The molecule has 0 aromatic rings. The summed E-state index contributed by atoms with van der Waals surface area (Å²) in [7, 11) is 0. The number of hydrogen-bond acceptors (Lipinski definition) is 4.